The van der Waals surface area contributed by atoms with Gasteiger partial charge in [0.2, 0.25) is 5.88 Å². The first-order valence-electron chi connectivity index (χ1n) is 11.5. The Morgan fingerprint density at radius 3 is 2.81 bits per heavy atom. The van der Waals surface area contributed by atoms with Crippen LogP contribution in [0.25, 0.3) is 5.82 Å². The number of thiophene rings is 1. The molecule has 1 saturated carbocycles. The van der Waals surface area contributed by atoms with Crippen molar-refractivity contribution in [3.63, 3.8) is 0 Å². The largest absolute Gasteiger partial charge is 0.437 e. The summed E-state index contributed by atoms with van der Waals surface area (Å²) in [6, 6.07) is 11.7. The lowest BCUT2D eigenvalue weighted by atomic mass is 10.0. The van der Waals surface area contributed by atoms with Crippen LogP contribution in [0.1, 0.15) is 44.8 Å². The van der Waals surface area contributed by atoms with Gasteiger partial charge in [-0.2, -0.15) is 5.26 Å². The van der Waals surface area contributed by atoms with Gasteiger partial charge in [-0.05, 0) is 67.0 Å². The molecule has 1 aliphatic carbocycles. The Morgan fingerprint density at radius 2 is 2.11 bits per heavy atom. The van der Waals surface area contributed by atoms with E-state index in [0.717, 1.165) is 12.8 Å². The molecule has 3 heterocycles. The number of nitriles is 1. The fraction of sp³-hybridized carbons (Fsp3) is 0.192. The summed E-state index contributed by atoms with van der Waals surface area (Å²) in [5.74, 6) is 0.550. The van der Waals surface area contributed by atoms with Gasteiger partial charge in [0.15, 0.2) is 5.82 Å². The van der Waals surface area contributed by atoms with Crippen LogP contribution in [0.15, 0.2) is 53.4 Å². The predicted octanol–water partition coefficient (Wildman–Crippen LogP) is 5.35. The molecule has 1 aromatic carbocycles. The number of hydrogen-bond donors (Lipinski definition) is 2. The summed E-state index contributed by atoms with van der Waals surface area (Å²) in [5, 5.41) is 23.5. The van der Waals surface area contributed by atoms with E-state index >= 15 is 0 Å². The summed E-state index contributed by atoms with van der Waals surface area (Å²) in [5.41, 5.74) is 1.50. The van der Waals surface area contributed by atoms with Gasteiger partial charge < -0.3 is 15.4 Å². The van der Waals surface area contributed by atoms with Gasteiger partial charge in [-0.15, -0.1) is 16.4 Å². The molecular weight excluding hydrogens is 512 g/mol. The van der Waals surface area contributed by atoms with E-state index in [1.165, 1.54) is 34.3 Å². The molecule has 4 aromatic rings. The van der Waals surface area contributed by atoms with Gasteiger partial charge in [0.05, 0.1) is 27.9 Å². The molecular formula is C26H21ClN6O3S. The highest BCUT2D eigenvalue weighted by Crippen LogP contribution is 2.30. The predicted molar refractivity (Wildman–Crippen MR) is 140 cm³/mol. The van der Waals surface area contributed by atoms with Gasteiger partial charge in [0, 0.05) is 24.2 Å². The number of nitrogens with zero attached hydrogens (tertiary/aromatic N) is 4. The molecule has 0 spiro atoms. The Hall–Kier alpha value is -4.20. The first-order valence-corrected chi connectivity index (χ1v) is 12.8. The van der Waals surface area contributed by atoms with Crippen LogP contribution < -0.4 is 15.4 Å². The molecule has 0 saturated heterocycles. The fourth-order valence-electron chi connectivity index (χ4n) is 3.72. The number of nitrogens with one attached hydrogen (secondary N) is 2. The maximum absolute atomic E-state index is 13.6. The number of aromatic nitrogens is 3. The number of carbonyl (C=O) groups excluding carboxylic acids is 2. The molecule has 0 unspecified atom stereocenters. The minimum atomic E-state index is -0.557. The first kappa shape index (κ1) is 24.5. The van der Waals surface area contributed by atoms with Crippen molar-refractivity contribution >= 4 is 40.4 Å². The van der Waals surface area contributed by atoms with Crippen LogP contribution in [0.3, 0.4) is 0 Å². The zero-order valence-electron chi connectivity index (χ0n) is 19.7. The number of anilines is 1. The summed E-state index contributed by atoms with van der Waals surface area (Å²) in [7, 11) is 0. The number of amides is 2. The van der Waals surface area contributed by atoms with Crippen molar-refractivity contribution in [2.75, 3.05) is 11.9 Å². The second kappa shape index (κ2) is 10.4. The molecule has 0 atom stereocenters. The average Bonchev–Trinajstić information content (AvgIpc) is 3.40. The molecule has 1 fully saturated rings. The maximum atomic E-state index is 13.6. The van der Waals surface area contributed by atoms with Crippen molar-refractivity contribution in [1.82, 2.24) is 20.1 Å². The lowest BCUT2D eigenvalue weighted by molar-refractivity contribution is 0.0952. The summed E-state index contributed by atoms with van der Waals surface area (Å²) >= 11 is 7.82. The van der Waals surface area contributed by atoms with E-state index in [1.54, 1.807) is 36.6 Å². The Morgan fingerprint density at radius 1 is 1.27 bits per heavy atom. The van der Waals surface area contributed by atoms with Crippen molar-refractivity contribution in [3.8, 4) is 23.5 Å². The lowest BCUT2D eigenvalue weighted by Crippen LogP contribution is -2.28. The third-order valence-electron chi connectivity index (χ3n) is 5.77. The molecule has 2 N–H and O–H groups in total. The van der Waals surface area contributed by atoms with Gasteiger partial charge in [0.25, 0.3) is 11.8 Å². The van der Waals surface area contributed by atoms with Crippen molar-refractivity contribution in [3.05, 3.63) is 80.8 Å². The quantitative estimate of drug-likeness (QED) is 0.315. The summed E-state index contributed by atoms with van der Waals surface area (Å²) in [6.45, 7) is 2.28. The normalized spacial score (nSPS) is 12.6. The Bertz CT molecular complexity index is 1520. The minimum absolute atomic E-state index is 0.0962. The number of rotatable bonds is 8. The molecule has 0 aliphatic heterocycles. The van der Waals surface area contributed by atoms with E-state index in [2.05, 4.69) is 26.8 Å². The van der Waals surface area contributed by atoms with Crippen LogP contribution in [0.4, 0.5) is 5.69 Å². The molecule has 11 heteroatoms. The molecule has 0 radical (unpaired) electrons. The highest BCUT2D eigenvalue weighted by molar-refractivity contribution is 7.08. The lowest BCUT2D eigenvalue weighted by Gasteiger charge is -2.15. The highest BCUT2D eigenvalue weighted by Gasteiger charge is 2.25. The first-order chi connectivity index (χ1) is 17.9. The third-order valence-corrected chi connectivity index (χ3v) is 6.73. The molecule has 9 nitrogen and oxygen atoms in total. The monoisotopic (exact) mass is 532 g/mol. The van der Waals surface area contributed by atoms with Gasteiger partial charge in [-0.25, -0.2) is 9.67 Å². The van der Waals surface area contributed by atoms with Crippen molar-refractivity contribution in [2.45, 2.75) is 19.8 Å². The number of carbonyl (C=O) groups is 2. The molecule has 1 aliphatic rings. The van der Waals surface area contributed by atoms with E-state index in [0.29, 0.717) is 35.0 Å². The molecule has 37 heavy (non-hydrogen) atoms. The number of ether oxygens (including phenoxy) is 1. The summed E-state index contributed by atoms with van der Waals surface area (Å²) in [4.78, 5) is 30.9. The molecule has 5 rings (SSSR count). The van der Waals surface area contributed by atoms with Crippen LogP contribution in [0.5, 0.6) is 11.6 Å². The molecule has 3 aromatic heterocycles. The number of pyridine rings is 1. The zero-order valence-corrected chi connectivity index (χ0v) is 21.3. The van der Waals surface area contributed by atoms with Crippen molar-refractivity contribution in [2.24, 2.45) is 5.92 Å². The second-order valence-electron chi connectivity index (χ2n) is 8.58. The molecule has 2 amide bonds. The zero-order chi connectivity index (χ0) is 25.9. The van der Waals surface area contributed by atoms with E-state index < -0.39 is 5.91 Å². The Labute approximate surface area is 221 Å². The number of hydrogen-bond acceptors (Lipinski definition) is 7. The number of halogens is 1. The molecule has 0 bridgehead atoms. The number of aryl methyl sites for hydroxylation is 1. The third kappa shape index (κ3) is 5.48. The van der Waals surface area contributed by atoms with Crippen LogP contribution in [0.2, 0.25) is 5.02 Å². The maximum Gasteiger partial charge on any atom is 0.274 e. The van der Waals surface area contributed by atoms with Crippen LogP contribution >= 0.6 is 22.9 Å². The van der Waals surface area contributed by atoms with Gasteiger partial charge >= 0.3 is 0 Å². The van der Waals surface area contributed by atoms with Crippen LogP contribution in [-0.2, 0) is 0 Å². The van der Waals surface area contributed by atoms with E-state index in [1.807, 2.05) is 5.38 Å². The number of benzene rings is 1. The van der Waals surface area contributed by atoms with E-state index in [-0.39, 0.29) is 33.9 Å². The van der Waals surface area contributed by atoms with Crippen LogP contribution in [0, 0.1) is 24.2 Å². The smallest absolute Gasteiger partial charge is 0.274 e. The minimum Gasteiger partial charge on any atom is -0.437 e. The topological polar surface area (TPSA) is 122 Å². The van der Waals surface area contributed by atoms with Gasteiger partial charge in [-0.3, -0.25) is 9.59 Å². The SMILES string of the molecule is Cc1cc(C#N)cc(C(=O)NCC2CC2)c1NC(=O)c1cc(Oc2ccsc2)nn1-c1ncccc1Cl. The second-order valence-corrected chi connectivity index (χ2v) is 9.77. The van der Waals surface area contributed by atoms with E-state index in [9.17, 15) is 14.9 Å². The Kier molecular flexibility index (Phi) is 6.90. The molecule has 186 valence electrons. The summed E-state index contributed by atoms with van der Waals surface area (Å²) in [6.07, 6.45) is 3.70. The average molecular weight is 533 g/mol. The van der Waals surface area contributed by atoms with Gasteiger partial charge in [-0.1, -0.05) is 11.6 Å². The standard InChI is InChI=1S/C26H21ClN6O3S/c1-15-9-17(12-28)10-19(25(34)30-13-16-4-5-16)23(15)31-26(35)21-11-22(36-18-6-8-37-14-18)32-33(21)24-20(27)3-2-7-29-24/h2-3,6-11,14,16H,4-5,13H2,1H3,(H,30,34)(H,31,35). The van der Waals surface area contributed by atoms with E-state index in [4.69, 9.17) is 16.3 Å². The van der Waals surface area contributed by atoms with Crippen LogP contribution in [-0.4, -0.2) is 33.1 Å². The van der Waals surface area contributed by atoms with Gasteiger partial charge in [0.1, 0.15) is 11.4 Å². The highest BCUT2D eigenvalue weighted by atomic mass is 35.5. The van der Waals surface area contributed by atoms with Crippen molar-refractivity contribution < 1.29 is 14.3 Å². The fourth-order valence-corrected chi connectivity index (χ4v) is 4.48. The Balaban J connectivity index is 1.51. The summed E-state index contributed by atoms with van der Waals surface area (Å²) < 4.78 is 7.10. The van der Waals surface area contributed by atoms with Crippen molar-refractivity contribution in [1.29, 1.82) is 5.26 Å².